The maximum Gasteiger partial charge on any atom is 0.229 e. The molecule has 0 unspecified atom stereocenters. The second-order valence-corrected chi connectivity index (χ2v) is 10.1. The molecule has 3 aromatic rings. The molecule has 0 amide bonds. The van der Waals surface area contributed by atoms with Gasteiger partial charge in [-0.15, -0.1) is 0 Å². The number of benzene rings is 2. The average Bonchev–Trinajstić information content (AvgIpc) is 2.70. The first kappa shape index (κ1) is 20.8. The van der Waals surface area contributed by atoms with Gasteiger partial charge in [0.1, 0.15) is 17.9 Å². The summed E-state index contributed by atoms with van der Waals surface area (Å²) in [6.07, 6.45) is 1.49. The quantitative estimate of drug-likeness (QED) is 0.396. The third-order valence-electron chi connectivity index (χ3n) is 4.10. The average molecular weight is 430 g/mol. The van der Waals surface area contributed by atoms with Crippen LogP contribution in [0.2, 0.25) is 5.02 Å². The van der Waals surface area contributed by atoms with E-state index in [9.17, 15) is 4.57 Å². The second kappa shape index (κ2) is 8.64. The molecule has 2 aromatic carbocycles. The molecule has 0 bridgehead atoms. The van der Waals surface area contributed by atoms with Crippen molar-refractivity contribution < 1.29 is 9.30 Å². The number of rotatable bonds is 7. The van der Waals surface area contributed by atoms with Gasteiger partial charge in [0.25, 0.3) is 0 Å². The van der Waals surface area contributed by atoms with Crippen LogP contribution in [0.25, 0.3) is 0 Å². The van der Waals surface area contributed by atoms with Crippen molar-refractivity contribution in [2.24, 2.45) is 4.99 Å². The van der Waals surface area contributed by atoms with Crippen molar-refractivity contribution in [2.75, 3.05) is 31.1 Å². The van der Waals surface area contributed by atoms with E-state index in [2.05, 4.69) is 32.3 Å². The van der Waals surface area contributed by atoms with Crippen LogP contribution >= 0.6 is 18.7 Å². The highest BCUT2D eigenvalue weighted by Gasteiger charge is 2.17. The summed E-state index contributed by atoms with van der Waals surface area (Å²) in [5, 5.41) is 7.34. The van der Waals surface area contributed by atoms with Crippen molar-refractivity contribution in [1.29, 1.82) is 0 Å². The van der Waals surface area contributed by atoms with Crippen LogP contribution in [-0.2, 0) is 4.57 Å². The monoisotopic (exact) mass is 429 g/mol. The number of aromatic nitrogens is 2. The zero-order chi connectivity index (χ0) is 21.0. The fourth-order valence-electron chi connectivity index (χ4n) is 2.69. The molecule has 1 heterocycles. The van der Waals surface area contributed by atoms with Crippen LogP contribution < -0.4 is 20.7 Å². The lowest BCUT2D eigenvalue weighted by molar-refractivity contribution is 0.417. The van der Waals surface area contributed by atoms with E-state index in [-0.39, 0.29) is 0 Å². The van der Waals surface area contributed by atoms with Crippen molar-refractivity contribution in [3.8, 4) is 5.75 Å². The van der Waals surface area contributed by atoms with Gasteiger partial charge in [0.2, 0.25) is 5.95 Å². The number of halogens is 1. The van der Waals surface area contributed by atoms with Crippen molar-refractivity contribution >= 4 is 59.6 Å². The maximum absolute atomic E-state index is 12.6. The van der Waals surface area contributed by atoms with Crippen LogP contribution in [-0.4, -0.2) is 37.1 Å². The van der Waals surface area contributed by atoms with Gasteiger partial charge in [-0.3, -0.25) is 4.99 Å². The van der Waals surface area contributed by atoms with E-state index in [1.54, 1.807) is 38.6 Å². The molecule has 0 saturated heterocycles. The molecule has 0 saturated carbocycles. The number of ether oxygens (including phenoxy) is 1. The minimum Gasteiger partial charge on any atom is -0.494 e. The Labute approximate surface area is 174 Å². The van der Waals surface area contributed by atoms with E-state index < -0.39 is 7.14 Å². The molecule has 3 rings (SSSR count). The number of nitrogens with one attached hydrogen (secondary N) is 2. The summed E-state index contributed by atoms with van der Waals surface area (Å²) in [5.74, 6) is 1.29. The lowest BCUT2D eigenvalue weighted by Gasteiger charge is -2.16. The summed E-state index contributed by atoms with van der Waals surface area (Å²) in [6.45, 7) is 6.95. The topological polar surface area (TPSA) is 88.5 Å². The fraction of sp³-hybridized carbons (Fsp3) is 0.150. The first-order valence-corrected chi connectivity index (χ1v) is 11.7. The molecule has 1 aromatic heterocycles. The molecule has 0 radical (unpaired) electrons. The number of hydrogen-bond acceptors (Lipinski definition) is 7. The summed E-state index contributed by atoms with van der Waals surface area (Å²) in [4.78, 5) is 12.6. The Morgan fingerprint density at radius 2 is 1.90 bits per heavy atom. The molecule has 7 nitrogen and oxygen atoms in total. The minimum atomic E-state index is -2.49. The van der Waals surface area contributed by atoms with Crippen molar-refractivity contribution in [3.63, 3.8) is 0 Å². The molecule has 9 heteroatoms. The Balaban J connectivity index is 1.92. The van der Waals surface area contributed by atoms with Gasteiger partial charge in [0.05, 0.1) is 30.4 Å². The zero-order valence-corrected chi connectivity index (χ0v) is 18.0. The van der Waals surface area contributed by atoms with Gasteiger partial charge >= 0.3 is 0 Å². The van der Waals surface area contributed by atoms with Crippen LogP contribution in [0.15, 0.2) is 53.7 Å². The van der Waals surface area contributed by atoms with Crippen LogP contribution in [0.4, 0.5) is 28.8 Å². The highest BCUT2D eigenvalue weighted by molar-refractivity contribution is 7.70. The summed E-state index contributed by atoms with van der Waals surface area (Å²) >= 11 is 6.29. The lowest BCUT2D eigenvalue weighted by atomic mass is 10.2. The first-order valence-electron chi connectivity index (χ1n) is 8.67. The summed E-state index contributed by atoms with van der Waals surface area (Å²) in [6, 6.07) is 12.7. The van der Waals surface area contributed by atoms with E-state index in [0.717, 1.165) is 5.30 Å². The largest absolute Gasteiger partial charge is 0.494 e. The molecular weight excluding hydrogens is 409 g/mol. The van der Waals surface area contributed by atoms with Gasteiger partial charge < -0.3 is 19.9 Å². The Morgan fingerprint density at radius 3 is 2.59 bits per heavy atom. The predicted octanol–water partition coefficient (Wildman–Crippen LogP) is 5.21. The smallest absolute Gasteiger partial charge is 0.229 e. The Kier molecular flexibility index (Phi) is 6.20. The van der Waals surface area contributed by atoms with Gasteiger partial charge in [0, 0.05) is 11.4 Å². The summed E-state index contributed by atoms with van der Waals surface area (Å²) in [7, 11) is -0.925. The van der Waals surface area contributed by atoms with Gasteiger partial charge in [0.15, 0.2) is 5.82 Å². The second-order valence-electron chi connectivity index (χ2n) is 6.55. The number of hydrogen-bond donors (Lipinski definition) is 2. The molecule has 0 atom stereocenters. The highest BCUT2D eigenvalue weighted by Crippen LogP contribution is 2.39. The molecule has 150 valence electrons. The Morgan fingerprint density at radius 1 is 1.14 bits per heavy atom. The van der Waals surface area contributed by atoms with E-state index >= 15 is 0 Å². The number of aliphatic imine (C=N–C) groups is 1. The van der Waals surface area contributed by atoms with Gasteiger partial charge in [-0.25, -0.2) is 4.98 Å². The fourth-order valence-corrected chi connectivity index (χ4v) is 3.99. The number of anilines is 4. The summed E-state index contributed by atoms with van der Waals surface area (Å²) < 4.78 is 18.0. The van der Waals surface area contributed by atoms with E-state index in [1.165, 1.54) is 6.20 Å². The third-order valence-corrected chi connectivity index (χ3v) is 5.92. The Bertz CT molecular complexity index is 1100. The molecular formula is C20H21ClN5O2P. The highest BCUT2D eigenvalue weighted by atomic mass is 35.5. The number of para-hydroxylation sites is 1. The van der Waals surface area contributed by atoms with Crippen molar-refractivity contribution in [1.82, 2.24) is 9.97 Å². The normalized spacial score (nSPS) is 11.0. The molecule has 29 heavy (non-hydrogen) atoms. The molecule has 0 aliphatic rings. The van der Waals surface area contributed by atoms with E-state index in [0.29, 0.717) is 39.6 Å². The lowest BCUT2D eigenvalue weighted by Crippen LogP contribution is -2.11. The van der Waals surface area contributed by atoms with Crippen LogP contribution in [0, 0.1) is 0 Å². The van der Waals surface area contributed by atoms with Crippen molar-refractivity contribution in [3.05, 3.63) is 53.7 Å². The number of methoxy groups -OCH3 is 1. The van der Waals surface area contributed by atoms with Crippen LogP contribution in [0.5, 0.6) is 5.75 Å². The van der Waals surface area contributed by atoms with E-state index in [1.807, 2.05) is 24.3 Å². The zero-order valence-electron chi connectivity index (χ0n) is 16.3. The van der Waals surface area contributed by atoms with Crippen LogP contribution in [0.3, 0.4) is 0 Å². The van der Waals surface area contributed by atoms with Gasteiger partial charge in [-0.1, -0.05) is 23.7 Å². The number of nitrogens with zero attached hydrogens (tertiary/aromatic N) is 3. The summed E-state index contributed by atoms with van der Waals surface area (Å²) in [5.41, 5.74) is 2.04. The first-order chi connectivity index (χ1) is 13.8. The molecule has 0 aliphatic carbocycles. The maximum atomic E-state index is 12.6. The van der Waals surface area contributed by atoms with Gasteiger partial charge in [-0.05, 0) is 44.3 Å². The standard InChI is InChI=1S/C20H21ClN5O2P/c1-22-13-9-10-15(17(11-13)28-2)25-20-23-12-14(21)19(26-20)24-16-7-5-6-8-18(16)29(3,4)27/h5-12H,1H2,2-4H3,(H2,23,24,25,26). The van der Waals surface area contributed by atoms with Gasteiger partial charge in [-0.2, -0.15) is 4.98 Å². The molecule has 2 N–H and O–H groups in total. The SMILES string of the molecule is C=Nc1ccc(Nc2ncc(Cl)c(Nc3ccccc3P(C)(C)=O)n2)c(OC)c1. The molecule has 0 fully saturated rings. The van der Waals surface area contributed by atoms with E-state index in [4.69, 9.17) is 16.3 Å². The van der Waals surface area contributed by atoms with Crippen molar-refractivity contribution in [2.45, 2.75) is 0 Å². The third kappa shape index (κ3) is 4.94. The minimum absolute atomic E-state index is 0.322. The van der Waals surface area contributed by atoms with Crippen LogP contribution in [0.1, 0.15) is 0 Å². The molecule has 0 aliphatic heterocycles. The molecule has 0 spiro atoms. The Hall–Kier alpha value is -2.89. The predicted molar refractivity (Wildman–Crippen MR) is 121 cm³/mol.